The van der Waals surface area contributed by atoms with Gasteiger partial charge in [-0.25, -0.2) is 0 Å². The smallest absolute Gasteiger partial charge is 0.226 e. The van der Waals surface area contributed by atoms with Gasteiger partial charge in [0.15, 0.2) is 0 Å². The lowest BCUT2D eigenvalue weighted by atomic mass is 9.93. The van der Waals surface area contributed by atoms with Gasteiger partial charge in [0, 0.05) is 24.4 Å². The van der Waals surface area contributed by atoms with E-state index < -0.39 is 0 Å². The first-order chi connectivity index (χ1) is 9.83. The normalized spacial score (nSPS) is 16.4. The van der Waals surface area contributed by atoms with Crippen LogP contribution >= 0.6 is 0 Å². The van der Waals surface area contributed by atoms with E-state index >= 15 is 0 Å². The van der Waals surface area contributed by atoms with Gasteiger partial charge in [0.1, 0.15) is 0 Å². The van der Waals surface area contributed by atoms with Gasteiger partial charge in [-0.2, -0.15) is 4.98 Å². The lowest BCUT2D eigenvalue weighted by Crippen LogP contribution is -2.27. The van der Waals surface area contributed by atoms with Crippen LogP contribution < -0.4 is 5.32 Å². The zero-order valence-electron chi connectivity index (χ0n) is 11.8. The summed E-state index contributed by atoms with van der Waals surface area (Å²) in [5.41, 5.74) is 2.06. The van der Waals surface area contributed by atoms with Crippen LogP contribution in [0.4, 0.5) is 0 Å². The molecule has 5 heteroatoms. The van der Waals surface area contributed by atoms with Gasteiger partial charge in [0.25, 0.3) is 0 Å². The molecule has 0 saturated carbocycles. The Morgan fingerprint density at radius 2 is 2.20 bits per heavy atom. The molecular weight excluding hydrogens is 252 g/mol. The molecule has 1 saturated heterocycles. The maximum Gasteiger partial charge on any atom is 0.226 e. The maximum atomic E-state index is 5.37. The topological polar surface area (TPSA) is 63.8 Å². The van der Waals surface area contributed by atoms with Gasteiger partial charge >= 0.3 is 0 Å². The van der Waals surface area contributed by atoms with Crippen molar-refractivity contribution in [3.05, 3.63) is 29.9 Å². The number of nitrogens with one attached hydrogen (secondary N) is 1. The molecule has 0 unspecified atom stereocenters. The Bertz CT molecular complexity index is 561. The van der Waals surface area contributed by atoms with Crippen LogP contribution in [0.25, 0.3) is 11.4 Å². The molecule has 1 fully saturated rings. The number of pyridine rings is 1. The summed E-state index contributed by atoms with van der Waals surface area (Å²) >= 11 is 0. The summed E-state index contributed by atoms with van der Waals surface area (Å²) < 4.78 is 5.37. The summed E-state index contributed by atoms with van der Waals surface area (Å²) in [6.07, 6.45) is 8.10. The molecule has 2 aromatic heterocycles. The minimum absolute atomic E-state index is 0.671. The Kier molecular flexibility index (Phi) is 4.06. The average Bonchev–Trinajstić information content (AvgIpc) is 2.95. The van der Waals surface area contributed by atoms with Crippen molar-refractivity contribution in [2.24, 2.45) is 5.92 Å². The van der Waals surface area contributed by atoms with Gasteiger partial charge < -0.3 is 9.84 Å². The first-order valence-electron chi connectivity index (χ1n) is 7.27. The molecule has 0 spiro atoms. The van der Waals surface area contributed by atoms with E-state index in [1.165, 1.54) is 12.8 Å². The lowest BCUT2D eigenvalue weighted by Gasteiger charge is -2.21. The third kappa shape index (κ3) is 3.04. The molecule has 106 valence electrons. The monoisotopic (exact) mass is 272 g/mol. The molecule has 2 aromatic rings. The summed E-state index contributed by atoms with van der Waals surface area (Å²) in [5.74, 6) is 2.20. The highest BCUT2D eigenvalue weighted by atomic mass is 16.5. The van der Waals surface area contributed by atoms with E-state index in [0.717, 1.165) is 48.9 Å². The van der Waals surface area contributed by atoms with Crippen LogP contribution in [0.5, 0.6) is 0 Å². The van der Waals surface area contributed by atoms with E-state index in [9.17, 15) is 0 Å². The minimum Gasteiger partial charge on any atom is -0.339 e. The Morgan fingerprint density at radius 1 is 1.35 bits per heavy atom. The predicted octanol–water partition coefficient (Wildman–Crippen LogP) is 2.37. The Labute approximate surface area is 118 Å². The lowest BCUT2D eigenvalue weighted by molar-refractivity contribution is 0.324. The highest BCUT2D eigenvalue weighted by Gasteiger charge is 2.15. The molecule has 1 aliphatic rings. The van der Waals surface area contributed by atoms with Crippen LogP contribution in [0, 0.1) is 12.8 Å². The number of aromatic nitrogens is 3. The summed E-state index contributed by atoms with van der Waals surface area (Å²) in [7, 11) is 0. The van der Waals surface area contributed by atoms with Crippen LogP contribution in [0.3, 0.4) is 0 Å². The molecule has 20 heavy (non-hydrogen) atoms. The van der Waals surface area contributed by atoms with E-state index in [-0.39, 0.29) is 0 Å². The van der Waals surface area contributed by atoms with Crippen molar-refractivity contribution in [2.75, 3.05) is 13.1 Å². The highest BCUT2D eigenvalue weighted by Crippen LogP contribution is 2.21. The third-order valence-electron chi connectivity index (χ3n) is 3.95. The van der Waals surface area contributed by atoms with Gasteiger partial charge in [-0.1, -0.05) is 5.16 Å². The second-order valence-electron chi connectivity index (χ2n) is 5.43. The average molecular weight is 272 g/mol. The van der Waals surface area contributed by atoms with Crippen molar-refractivity contribution in [1.82, 2.24) is 20.4 Å². The molecule has 0 aromatic carbocycles. The number of nitrogens with zero attached hydrogens (tertiary/aromatic N) is 3. The molecule has 0 atom stereocenters. The summed E-state index contributed by atoms with van der Waals surface area (Å²) in [4.78, 5) is 8.59. The van der Waals surface area contributed by atoms with Crippen molar-refractivity contribution < 1.29 is 4.52 Å². The number of aryl methyl sites for hydroxylation is 2. The molecule has 0 aliphatic carbocycles. The van der Waals surface area contributed by atoms with E-state index in [1.54, 1.807) is 6.20 Å². The Hall–Kier alpha value is -1.75. The van der Waals surface area contributed by atoms with Crippen LogP contribution in [0.1, 0.15) is 30.7 Å². The van der Waals surface area contributed by atoms with Crippen molar-refractivity contribution in [3.8, 4) is 11.4 Å². The molecule has 1 aliphatic heterocycles. The van der Waals surface area contributed by atoms with Gasteiger partial charge in [-0.15, -0.1) is 0 Å². The van der Waals surface area contributed by atoms with Crippen LogP contribution in [0.15, 0.2) is 23.0 Å². The second-order valence-corrected chi connectivity index (χ2v) is 5.43. The van der Waals surface area contributed by atoms with E-state index in [2.05, 4.69) is 20.4 Å². The largest absolute Gasteiger partial charge is 0.339 e. The van der Waals surface area contributed by atoms with Gasteiger partial charge in [-0.05, 0) is 56.8 Å². The van der Waals surface area contributed by atoms with E-state index in [0.29, 0.717) is 5.82 Å². The molecule has 0 bridgehead atoms. The van der Waals surface area contributed by atoms with Crippen molar-refractivity contribution in [2.45, 2.75) is 32.6 Å². The van der Waals surface area contributed by atoms with E-state index in [1.807, 2.05) is 19.2 Å². The minimum atomic E-state index is 0.671. The van der Waals surface area contributed by atoms with Crippen molar-refractivity contribution in [1.29, 1.82) is 0 Å². The number of hydrogen-bond donors (Lipinski definition) is 1. The fourth-order valence-corrected chi connectivity index (χ4v) is 2.69. The predicted molar refractivity (Wildman–Crippen MR) is 76.2 cm³/mol. The maximum absolute atomic E-state index is 5.37. The summed E-state index contributed by atoms with van der Waals surface area (Å²) in [5, 5.41) is 7.47. The van der Waals surface area contributed by atoms with Gasteiger partial charge in [-0.3, -0.25) is 4.98 Å². The summed E-state index contributed by atoms with van der Waals surface area (Å²) in [6, 6.07) is 1.93. The van der Waals surface area contributed by atoms with Crippen molar-refractivity contribution >= 4 is 0 Å². The standard InChI is InChI=1S/C15H20N4O/c1-11-10-17-9-6-13(11)15-18-14(20-19-15)3-2-12-4-7-16-8-5-12/h6,9-10,12,16H,2-5,7-8H2,1H3. The first-order valence-corrected chi connectivity index (χ1v) is 7.27. The fraction of sp³-hybridized carbons (Fsp3) is 0.533. The first kappa shape index (κ1) is 13.2. The Morgan fingerprint density at radius 3 is 3.00 bits per heavy atom. The molecule has 0 amide bonds. The van der Waals surface area contributed by atoms with Crippen LogP contribution in [0.2, 0.25) is 0 Å². The SMILES string of the molecule is Cc1cnccc1-c1noc(CCC2CCNCC2)n1. The molecule has 0 radical (unpaired) electrons. The molecule has 3 rings (SSSR count). The van der Waals surface area contributed by atoms with Crippen LogP contribution in [-0.4, -0.2) is 28.2 Å². The number of piperidine rings is 1. The molecule has 3 heterocycles. The van der Waals surface area contributed by atoms with Crippen LogP contribution in [-0.2, 0) is 6.42 Å². The number of hydrogen-bond acceptors (Lipinski definition) is 5. The van der Waals surface area contributed by atoms with Gasteiger partial charge in [0.05, 0.1) is 0 Å². The highest BCUT2D eigenvalue weighted by molar-refractivity contribution is 5.57. The second kappa shape index (κ2) is 6.13. The fourth-order valence-electron chi connectivity index (χ4n) is 2.69. The van der Waals surface area contributed by atoms with E-state index in [4.69, 9.17) is 4.52 Å². The quantitative estimate of drug-likeness (QED) is 0.925. The number of rotatable bonds is 4. The molecule has 5 nitrogen and oxygen atoms in total. The molecular formula is C15H20N4O. The Balaban J connectivity index is 1.63. The zero-order valence-corrected chi connectivity index (χ0v) is 11.8. The zero-order chi connectivity index (χ0) is 13.8. The van der Waals surface area contributed by atoms with Gasteiger partial charge in [0.2, 0.25) is 11.7 Å². The van der Waals surface area contributed by atoms with Crippen molar-refractivity contribution in [3.63, 3.8) is 0 Å². The summed E-state index contributed by atoms with van der Waals surface area (Å²) in [6.45, 7) is 4.28. The molecule has 1 N–H and O–H groups in total. The third-order valence-corrected chi connectivity index (χ3v) is 3.95.